The number of aliphatic imine (C=N–C) groups is 1. The van der Waals surface area contributed by atoms with Crippen LogP contribution in [-0.2, 0) is 19.1 Å². The SMILES string of the molecule is CCOC(=O)C1C(C)=NC(C)=C(C(=O)OC(CO)COc2ccccc2)C1c1cccc(Cl)c1Cl. The van der Waals surface area contributed by atoms with E-state index in [1.54, 1.807) is 63.2 Å². The third kappa shape index (κ3) is 6.23. The molecule has 0 bridgehead atoms. The van der Waals surface area contributed by atoms with E-state index >= 15 is 0 Å². The van der Waals surface area contributed by atoms with E-state index in [1.165, 1.54) is 0 Å². The summed E-state index contributed by atoms with van der Waals surface area (Å²) in [4.78, 5) is 30.9. The number of carbonyl (C=O) groups excluding carboxylic acids is 2. The van der Waals surface area contributed by atoms with Crippen molar-refractivity contribution in [3.05, 3.63) is 75.4 Å². The maximum absolute atomic E-state index is 13.5. The minimum atomic E-state index is -0.952. The minimum absolute atomic E-state index is 0.0647. The van der Waals surface area contributed by atoms with Crippen molar-refractivity contribution >= 4 is 40.9 Å². The van der Waals surface area contributed by atoms with Crippen LogP contribution in [0.2, 0.25) is 10.0 Å². The molecule has 0 spiro atoms. The fourth-order valence-corrected chi connectivity index (χ4v) is 4.41. The number of rotatable bonds is 9. The number of hydrogen-bond acceptors (Lipinski definition) is 7. The first-order chi connectivity index (χ1) is 16.8. The highest BCUT2D eigenvalue weighted by Crippen LogP contribution is 2.44. The smallest absolute Gasteiger partial charge is 0.337 e. The van der Waals surface area contributed by atoms with Crippen molar-refractivity contribution in [2.75, 3.05) is 19.8 Å². The molecule has 0 saturated heterocycles. The molecule has 2 aromatic carbocycles. The van der Waals surface area contributed by atoms with Gasteiger partial charge in [-0.3, -0.25) is 9.79 Å². The lowest BCUT2D eigenvalue weighted by Crippen LogP contribution is -2.38. The van der Waals surface area contributed by atoms with Gasteiger partial charge in [-0.25, -0.2) is 4.79 Å². The van der Waals surface area contributed by atoms with Crippen LogP contribution >= 0.6 is 23.2 Å². The predicted molar refractivity (Wildman–Crippen MR) is 134 cm³/mol. The van der Waals surface area contributed by atoms with Crippen LogP contribution in [0.4, 0.5) is 0 Å². The summed E-state index contributed by atoms with van der Waals surface area (Å²) in [7, 11) is 0. The Balaban J connectivity index is 1.97. The molecule has 0 aromatic heterocycles. The topological polar surface area (TPSA) is 94.4 Å². The number of para-hydroxylation sites is 1. The first-order valence-corrected chi connectivity index (χ1v) is 11.9. The van der Waals surface area contributed by atoms with Gasteiger partial charge in [-0.05, 0) is 44.5 Å². The van der Waals surface area contributed by atoms with Crippen molar-refractivity contribution in [1.82, 2.24) is 0 Å². The average Bonchev–Trinajstić information content (AvgIpc) is 2.83. The summed E-state index contributed by atoms with van der Waals surface area (Å²) in [5.74, 6) is -2.48. The molecule has 0 saturated carbocycles. The van der Waals surface area contributed by atoms with Crippen LogP contribution in [0.5, 0.6) is 5.75 Å². The van der Waals surface area contributed by atoms with Gasteiger partial charge in [0.2, 0.25) is 0 Å². The molecule has 0 amide bonds. The number of carbonyl (C=O) groups is 2. The van der Waals surface area contributed by atoms with Crippen LogP contribution in [0.3, 0.4) is 0 Å². The molecule has 7 nitrogen and oxygen atoms in total. The fraction of sp³-hybridized carbons (Fsp3) is 0.346. The van der Waals surface area contributed by atoms with Crippen molar-refractivity contribution in [3.63, 3.8) is 0 Å². The van der Waals surface area contributed by atoms with Gasteiger partial charge in [0.25, 0.3) is 0 Å². The van der Waals surface area contributed by atoms with E-state index in [1.807, 2.05) is 6.07 Å². The molecule has 1 aliphatic heterocycles. The molecule has 0 aliphatic carbocycles. The van der Waals surface area contributed by atoms with Crippen LogP contribution in [0.15, 0.2) is 64.8 Å². The highest BCUT2D eigenvalue weighted by molar-refractivity contribution is 6.42. The van der Waals surface area contributed by atoms with Crippen molar-refractivity contribution in [1.29, 1.82) is 0 Å². The van der Waals surface area contributed by atoms with E-state index in [9.17, 15) is 14.7 Å². The Kier molecular flexibility index (Phi) is 9.32. The van der Waals surface area contributed by atoms with Gasteiger partial charge in [-0.1, -0.05) is 53.5 Å². The molecule has 3 unspecified atom stereocenters. The lowest BCUT2D eigenvalue weighted by molar-refractivity contribution is -0.149. The maximum Gasteiger partial charge on any atom is 0.337 e. The Morgan fingerprint density at radius 1 is 1.09 bits per heavy atom. The van der Waals surface area contributed by atoms with Gasteiger partial charge >= 0.3 is 11.9 Å². The first kappa shape index (κ1) is 26.7. The van der Waals surface area contributed by atoms with Crippen molar-refractivity contribution in [2.24, 2.45) is 10.9 Å². The Morgan fingerprint density at radius 2 is 1.80 bits per heavy atom. The third-order valence-electron chi connectivity index (χ3n) is 5.56. The molecule has 1 heterocycles. The molecule has 0 radical (unpaired) electrons. The Hall–Kier alpha value is -2.87. The largest absolute Gasteiger partial charge is 0.490 e. The zero-order chi connectivity index (χ0) is 25.5. The third-order valence-corrected chi connectivity index (χ3v) is 6.40. The lowest BCUT2D eigenvalue weighted by atomic mass is 9.75. The van der Waals surface area contributed by atoms with Gasteiger partial charge in [0.05, 0.1) is 28.8 Å². The highest BCUT2D eigenvalue weighted by Gasteiger charge is 2.43. The average molecular weight is 520 g/mol. The number of halogens is 2. The quantitative estimate of drug-likeness (QED) is 0.469. The van der Waals surface area contributed by atoms with Crippen LogP contribution < -0.4 is 4.74 Å². The fourth-order valence-electron chi connectivity index (χ4n) is 3.98. The number of aliphatic hydroxyl groups is 1. The molecule has 1 aliphatic rings. The monoisotopic (exact) mass is 519 g/mol. The first-order valence-electron chi connectivity index (χ1n) is 11.1. The van der Waals surface area contributed by atoms with Crippen molar-refractivity contribution in [2.45, 2.75) is 32.8 Å². The van der Waals surface area contributed by atoms with Crippen LogP contribution in [-0.4, -0.2) is 48.7 Å². The summed E-state index contributed by atoms with van der Waals surface area (Å²) in [5.41, 5.74) is 1.45. The molecule has 9 heteroatoms. The van der Waals surface area contributed by atoms with Crippen molar-refractivity contribution < 1.29 is 28.9 Å². The standard InChI is InChI=1S/C26H27Cl2NO6/c1-4-33-25(31)21-15(2)29-16(3)22(23(21)19-11-8-12-20(27)24(19)28)26(32)35-18(13-30)14-34-17-9-6-5-7-10-17/h5-12,18,21,23,30H,4,13-14H2,1-3H3. The number of benzene rings is 2. The Bertz CT molecular complexity index is 1130. The van der Waals surface area contributed by atoms with Crippen LogP contribution in [0, 0.1) is 5.92 Å². The minimum Gasteiger partial charge on any atom is -0.490 e. The molecule has 1 N–H and O–H groups in total. The zero-order valence-corrected chi connectivity index (χ0v) is 21.2. The van der Waals surface area contributed by atoms with Gasteiger partial charge in [0, 0.05) is 17.3 Å². The number of allylic oxidation sites excluding steroid dienone is 1. The van der Waals surface area contributed by atoms with Gasteiger partial charge in [0.15, 0.2) is 6.10 Å². The number of nitrogens with zero attached hydrogens (tertiary/aromatic N) is 1. The summed E-state index contributed by atoms with van der Waals surface area (Å²) in [5, 5.41) is 10.3. The summed E-state index contributed by atoms with van der Waals surface area (Å²) in [6, 6.07) is 14.0. The normalized spacial score (nSPS) is 18.5. The molecule has 35 heavy (non-hydrogen) atoms. The second-order valence-electron chi connectivity index (χ2n) is 7.94. The van der Waals surface area contributed by atoms with Gasteiger partial charge in [-0.2, -0.15) is 0 Å². The van der Waals surface area contributed by atoms with Gasteiger partial charge in [-0.15, -0.1) is 0 Å². The molecule has 0 fully saturated rings. The molecule has 3 rings (SSSR count). The van der Waals surface area contributed by atoms with Gasteiger partial charge in [0.1, 0.15) is 18.3 Å². The van der Waals surface area contributed by atoms with Crippen molar-refractivity contribution in [3.8, 4) is 5.75 Å². The van der Waals surface area contributed by atoms with E-state index in [0.29, 0.717) is 22.7 Å². The number of esters is 2. The van der Waals surface area contributed by atoms with Crippen LogP contribution in [0.1, 0.15) is 32.3 Å². The molecular weight excluding hydrogens is 493 g/mol. The lowest BCUT2D eigenvalue weighted by Gasteiger charge is -2.32. The van der Waals surface area contributed by atoms with E-state index in [-0.39, 0.29) is 28.8 Å². The highest BCUT2D eigenvalue weighted by atomic mass is 35.5. The Morgan fingerprint density at radius 3 is 2.46 bits per heavy atom. The summed E-state index contributed by atoms with van der Waals surface area (Å²) in [6.45, 7) is 4.68. The number of ether oxygens (including phenoxy) is 3. The number of hydrogen-bond donors (Lipinski definition) is 1. The molecule has 186 valence electrons. The van der Waals surface area contributed by atoms with E-state index in [4.69, 9.17) is 37.4 Å². The van der Waals surface area contributed by atoms with E-state index in [0.717, 1.165) is 0 Å². The summed E-state index contributed by atoms with van der Waals surface area (Å²) in [6.07, 6.45) is -0.952. The van der Waals surface area contributed by atoms with E-state index < -0.39 is 36.5 Å². The van der Waals surface area contributed by atoms with E-state index in [2.05, 4.69) is 4.99 Å². The zero-order valence-electron chi connectivity index (χ0n) is 19.7. The Labute approximate surface area is 214 Å². The summed E-state index contributed by atoms with van der Waals surface area (Å²) >= 11 is 12.8. The second kappa shape index (κ2) is 12.2. The number of aliphatic hydroxyl groups excluding tert-OH is 1. The predicted octanol–water partition coefficient (Wildman–Crippen LogP) is 4.99. The van der Waals surface area contributed by atoms with Crippen LogP contribution in [0.25, 0.3) is 0 Å². The van der Waals surface area contributed by atoms with Gasteiger partial charge < -0.3 is 19.3 Å². The molecular formula is C26H27Cl2NO6. The summed E-state index contributed by atoms with van der Waals surface area (Å²) < 4.78 is 16.5. The molecule has 3 atom stereocenters. The molecule has 2 aromatic rings. The maximum atomic E-state index is 13.5. The second-order valence-corrected chi connectivity index (χ2v) is 8.72.